The number of carbonyl (C=O) groups is 1. The van der Waals surface area contributed by atoms with Crippen molar-refractivity contribution >= 4 is 5.78 Å². The van der Waals surface area contributed by atoms with Crippen molar-refractivity contribution < 1.29 is 9.53 Å². The summed E-state index contributed by atoms with van der Waals surface area (Å²) in [6.07, 6.45) is 5.29. The van der Waals surface area contributed by atoms with Crippen LogP contribution in [0.25, 0.3) is 0 Å². The lowest BCUT2D eigenvalue weighted by atomic mass is 9.78. The van der Waals surface area contributed by atoms with Crippen molar-refractivity contribution in [1.29, 1.82) is 0 Å². The number of likely N-dealkylation sites (N-methyl/N-ethyl adjacent to an activating group) is 1. The van der Waals surface area contributed by atoms with E-state index >= 15 is 0 Å². The molecular formula is C14H17NO2. The highest BCUT2D eigenvalue weighted by molar-refractivity contribution is 5.99. The van der Waals surface area contributed by atoms with Crippen LogP contribution in [0.1, 0.15) is 18.4 Å². The largest absolute Gasteiger partial charge is 0.497 e. The van der Waals surface area contributed by atoms with Crippen LogP contribution in [0.5, 0.6) is 5.75 Å². The lowest BCUT2D eigenvalue weighted by Gasteiger charge is -2.33. The quantitative estimate of drug-likeness (QED) is 0.865. The van der Waals surface area contributed by atoms with Gasteiger partial charge in [-0.3, -0.25) is 4.79 Å². The molecule has 2 rings (SSSR count). The molecule has 0 unspecified atom stereocenters. The molecule has 0 saturated heterocycles. The van der Waals surface area contributed by atoms with Gasteiger partial charge in [0.25, 0.3) is 0 Å². The molecule has 1 aromatic carbocycles. The molecule has 0 heterocycles. The van der Waals surface area contributed by atoms with E-state index in [1.54, 1.807) is 13.2 Å². The summed E-state index contributed by atoms with van der Waals surface area (Å²) in [6.45, 7) is 0. The third-order valence-electron chi connectivity index (χ3n) is 3.37. The van der Waals surface area contributed by atoms with E-state index < -0.39 is 5.54 Å². The Balaban J connectivity index is 2.47. The average Bonchev–Trinajstić information content (AvgIpc) is 2.40. The fourth-order valence-corrected chi connectivity index (χ4v) is 2.32. The van der Waals surface area contributed by atoms with Crippen molar-refractivity contribution in [3.8, 4) is 5.75 Å². The first-order chi connectivity index (χ1) is 8.23. The predicted octanol–water partition coefficient (Wildman–Crippen LogP) is 2.03. The number of carbonyl (C=O) groups excluding carboxylic acids is 1. The minimum Gasteiger partial charge on any atom is -0.497 e. The van der Waals surface area contributed by atoms with Gasteiger partial charge in [-0.05, 0) is 43.7 Å². The molecule has 0 spiro atoms. The van der Waals surface area contributed by atoms with Crippen molar-refractivity contribution in [3.63, 3.8) is 0 Å². The van der Waals surface area contributed by atoms with Gasteiger partial charge in [0.2, 0.25) is 0 Å². The number of allylic oxidation sites excluding steroid dienone is 1. The van der Waals surface area contributed by atoms with Gasteiger partial charge in [0.1, 0.15) is 11.3 Å². The van der Waals surface area contributed by atoms with Gasteiger partial charge in [0.05, 0.1) is 7.11 Å². The standard InChI is InChI=1S/C14H17NO2/c1-15-14(9-4-3-8-13(14)16)11-6-5-7-12(10-11)17-2/h3,5-8,10,15H,4,9H2,1-2H3/t14-/m1/s1. The van der Waals surface area contributed by atoms with E-state index in [2.05, 4.69) is 5.32 Å². The Morgan fingerprint density at radius 3 is 2.88 bits per heavy atom. The summed E-state index contributed by atoms with van der Waals surface area (Å²) in [6, 6.07) is 7.69. The molecular weight excluding hydrogens is 214 g/mol. The van der Waals surface area contributed by atoms with Crippen molar-refractivity contribution in [1.82, 2.24) is 5.32 Å². The van der Waals surface area contributed by atoms with Gasteiger partial charge >= 0.3 is 0 Å². The fourth-order valence-electron chi connectivity index (χ4n) is 2.32. The Morgan fingerprint density at radius 2 is 2.24 bits per heavy atom. The number of hydrogen-bond acceptors (Lipinski definition) is 3. The van der Waals surface area contributed by atoms with Crippen LogP contribution >= 0.6 is 0 Å². The van der Waals surface area contributed by atoms with E-state index in [4.69, 9.17) is 4.74 Å². The van der Waals surface area contributed by atoms with Crippen LogP contribution in [0.15, 0.2) is 36.4 Å². The summed E-state index contributed by atoms with van der Waals surface area (Å²) in [5.74, 6) is 0.888. The number of methoxy groups -OCH3 is 1. The summed E-state index contributed by atoms with van der Waals surface area (Å²) in [5, 5.41) is 3.18. The lowest BCUT2D eigenvalue weighted by Crippen LogP contribution is -2.47. The molecule has 0 bridgehead atoms. The van der Waals surface area contributed by atoms with Crippen LogP contribution in [0.2, 0.25) is 0 Å². The van der Waals surface area contributed by atoms with Crippen LogP contribution in [0, 0.1) is 0 Å². The van der Waals surface area contributed by atoms with E-state index in [1.807, 2.05) is 37.4 Å². The molecule has 90 valence electrons. The molecule has 1 aromatic rings. The molecule has 0 fully saturated rings. The normalized spacial score (nSPS) is 23.8. The molecule has 1 aliphatic carbocycles. The van der Waals surface area contributed by atoms with Gasteiger partial charge in [-0.2, -0.15) is 0 Å². The smallest absolute Gasteiger partial charge is 0.179 e. The number of nitrogens with one attached hydrogen (secondary N) is 1. The van der Waals surface area contributed by atoms with Crippen LogP contribution in [-0.2, 0) is 10.3 Å². The van der Waals surface area contributed by atoms with E-state index in [-0.39, 0.29) is 5.78 Å². The molecule has 1 N–H and O–H groups in total. The Hall–Kier alpha value is -1.61. The van der Waals surface area contributed by atoms with Gasteiger partial charge in [-0.15, -0.1) is 0 Å². The van der Waals surface area contributed by atoms with Crippen LogP contribution in [0.4, 0.5) is 0 Å². The molecule has 0 amide bonds. The summed E-state index contributed by atoms with van der Waals surface area (Å²) in [4.78, 5) is 12.2. The van der Waals surface area contributed by atoms with Gasteiger partial charge in [-0.1, -0.05) is 18.2 Å². The molecule has 17 heavy (non-hydrogen) atoms. The molecule has 0 saturated carbocycles. The maximum absolute atomic E-state index is 12.2. The van der Waals surface area contributed by atoms with E-state index in [9.17, 15) is 4.79 Å². The highest BCUT2D eigenvalue weighted by Crippen LogP contribution is 2.32. The van der Waals surface area contributed by atoms with Gasteiger partial charge in [0, 0.05) is 0 Å². The first kappa shape index (κ1) is 11.9. The monoisotopic (exact) mass is 231 g/mol. The Kier molecular flexibility index (Phi) is 3.29. The number of ketones is 1. The maximum Gasteiger partial charge on any atom is 0.179 e. The Labute approximate surface area is 101 Å². The summed E-state index contributed by atoms with van der Waals surface area (Å²) >= 11 is 0. The van der Waals surface area contributed by atoms with E-state index in [0.717, 1.165) is 24.2 Å². The Bertz CT molecular complexity index is 453. The second kappa shape index (κ2) is 4.72. The third-order valence-corrected chi connectivity index (χ3v) is 3.37. The summed E-state index contributed by atoms with van der Waals surface area (Å²) in [7, 11) is 3.46. The molecule has 1 atom stereocenters. The maximum atomic E-state index is 12.2. The number of ether oxygens (including phenoxy) is 1. The zero-order valence-corrected chi connectivity index (χ0v) is 10.2. The van der Waals surface area contributed by atoms with Crippen molar-refractivity contribution in [3.05, 3.63) is 42.0 Å². The average molecular weight is 231 g/mol. The first-order valence-electron chi connectivity index (χ1n) is 5.77. The zero-order chi connectivity index (χ0) is 12.3. The fraction of sp³-hybridized carbons (Fsp3) is 0.357. The number of rotatable bonds is 3. The summed E-state index contributed by atoms with van der Waals surface area (Å²) < 4.78 is 5.21. The molecule has 0 aromatic heterocycles. The summed E-state index contributed by atoms with van der Waals surface area (Å²) in [5.41, 5.74) is 0.372. The van der Waals surface area contributed by atoms with Crippen LogP contribution in [-0.4, -0.2) is 19.9 Å². The highest BCUT2D eigenvalue weighted by atomic mass is 16.5. The second-order valence-electron chi connectivity index (χ2n) is 4.19. The predicted molar refractivity (Wildman–Crippen MR) is 67.1 cm³/mol. The van der Waals surface area contributed by atoms with Crippen molar-refractivity contribution in [2.75, 3.05) is 14.2 Å². The lowest BCUT2D eigenvalue weighted by molar-refractivity contribution is -0.121. The molecule has 1 aliphatic rings. The van der Waals surface area contributed by atoms with Crippen molar-refractivity contribution in [2.24, 2.45) is 0 Å². The van der Waals surface area contributed by atoms with E-state index in [1.165, 1.54) is 0 Å². The second-order valence-corrected chi connectivity index (χ2v) is 4.19. The van der Waals surface area contributed by atoms with Crippen LogP contribution in [0.3, 0.4) is 0 Å². The molecule has 0 radical (unpaired) electrons. The molecule has 0 aliphatic heterocycles. The first-order valence-corrected chi connectivity index (χ1v) is 5.77. The minimum absolute atomic E-state index is 0.111. The minimum atomic E-state index is -0.594. The number of benzene rings is 1. The van der Waals surface area contributed by atoms with Gasteiger partial charge < -0.3 is 10.1 Å². The van der Waals surface area contributed by atoms with Crippen LogP contribution < -0.4 is 10.1 Å². The highest BCUT2D eigenvalue weighted by Gasteiger charge is 2.38. The topological polar surface area (TPSA) is 38.3 Å². The van der Waals surface area contributed by atoms with E-state index in [0.29, 0.717) is 0 Å². The Morgan fingerprint density at radius 1 is 1.41 bits per heavy atom. The zero-order valence-electron chi connectivity index (χ0n) is 10.2. The number of hydrogen-bond donors (Lipinski definition) is 1. The SMILES string of the molecule is CN[C@@]1(c2cccc(OC)c2)CCC=CC1=O. The third kappa shape index (κ3) is 1.98. The molecule has 3 heteroatoms. The molecule has 3 nitrogen and oxygen atoms in total. The van der Waals surface area contributed by atoms with Gasteiger partial charge in [-0.25, -0.2) is 0 Å². The van der Waals surface area contributed by atoms with Gasteiger partial charge in [0.15, 0.2) is 5.78 Å². The van der Waals surface area contributed by atoms with Crippen molar-refractivity contribution in [2.45, 2.75) is 18.4 Å².